The second-order valence-corrected chi connectivity index (χ2v) is 8.48. The summed E-state index contributed by atoms with van der Waals surface area (Å²) in [6.45, 7) is 2.45. The molecule has 3 aromatic carbocycles. The van der Waals surface area contributed by atoms with Crippen molar-refractivity contribution in [2.45, 2.75) is 13.3 Å². The second kappa shape index (κ2) is 10.1. The number of nitrogens with one attached hydrogen (secondary N) is 1. The summed E-state index contributed by atoms with van der Waals surface area (Å²) >= 11 is 12.2. The van der Waals surface area contributed by atoms with Crippen LogP contribution in [0.3, 0.4) is 0 Å². The van der Waals surface area contributed by atoms with E-state index in [0.717, 1.165) is 28.1 Å². The number of hydrogen-bond donors (Lipinski definition) is 1. The molecule has 4 rings (SSSR count). The summed E-state index contributed by atoms with van der Waals surface area (Å²) in [5, 5.41) is 8.88. The van der Waals surface area contributed by atoms with Crippen LogP contribution in [0.15, 0.2) is 72.8 Å². The van der Waals surface area contributed by atoms with Crippen LogP contribution in [0.4, 0.5) is 0 Å². The van der Waals surface area contributed by atoms with E-state index in [-0.39, 0.29) is 5.91 Å². The number of aromatic nitrogens is 2. The molecule has 0 aliphatic rings. The summed E-state index contributed by atoms with van der Waals surface area (Å²) in [5.74, 6) is 0.545. The SMILES string of the molecule is COc1ccc(-c2cc(C(=O)NCCc3ccc(Cl)cc3Cl)n(-c3ccc(C)cc3)n2)cc1. The van der Waals surface area contributed by atoms with Crippen molar-refractivity contribution in [3.63, 3.8) is 0 Å². The zero-order chi connectivity index (χ0) is 23.4. The fourth-order valence-electron chi connectivity index (χ4n) is 3.45. The van der Waals surface area contributed by atoms with Gasteiger partial charge in [0.05, 0.1) is 18.5 Å². The monoisotopic (exact) mass is 479 g/mol. The van der Waals surface area contributed by atoms with Crippen molar-refractivity contribution in [3.05, 3.63) is 99.7 Å². The minimum Gasteiger partial charge on any atom is -0.497 e. The highest BCUT2D eigenvalue weighted by atomic mass is 35.5. The van der Waals surface area contributed by atoms with Crippen molar-refractivity contribution in [3.8, 4) is 22.7 Å². The Morgan fingerprint density at radius 3 is 2.39 bits per heavy atom. The van der Waals surface area contributed by atoms with Crippen LogP contribution in [0.5, 0.6) is 5.75 Å². The van der Waals surface area contributed by atoms with Gasteiger partial charge >= 0.3 is 0 Å². The first-order valence-electron chi connectivity index (χ1n) is 10.5. The van der Waals surface area contributed by atoms with Gasteiger partial charge in [0.1, 0.15) is 11.4 Å². The van der Waals surface area contributed by atoms with E-state index in [1.165, 1.54) is 0 Å². The van der Waals surface area contributed by atoms with Crippen molar-refractivity contribution in [1.29, 1.82) is 0 Å². The third-order valence-corrected chi connectivity index (χ3v) is 5.89. The van der Waals surface area contributed by atoms with E-state index in [2.05, 4.69) is 5.32 Å². The Balaban J connectivity index is 1.59. The van der Waals surface area contributed by atoms with Gasteiger partial charge in [-0.25, -0.2) is 4.68 Å². The molecule has 1 heterocycles. The maximum Gasteiger partial charge on any atom is 0.270 e. The molecular formula is C26H23Cl2N3O2. The van der Waals surface area contributed by atoms with Gasteiger partial charge in [0.25, 0.3) is 5.91 Å². The standard InChI is InChI=1S/C26H23Cl2N3O2/c1-17-3-9-21(10-4-17)31-25(16-24(30-31)19-6-11-22(33-2)12-7-19)26(32)29-14-13-18-5-8-20(27)15-23(18)28/h3-12,15-16H,13-14H2,1-2H3,(H,29,32). The van der Waals surface area contributed by atoms with Crippen molar-refractivity contribution >= 4 is 29.1 Å². The number of amides is 1. The molecule has 4 aromatic rings. The van der Waals surface area contributed by atoms with Crippen LogP contribution in [-0.4, -0.2) is 29.3 Å². The summed E-state index contributed by atoms with van der Waals surface area (Å²) in [7, 11) is 1.63. The number of halogens is 2. The number of hydrogen-bond acceptors (Lipinski definition) is 3. The van der Waals surface area contributed by atoms with Crippen LogP contribution in [-0.2, 0) is 6.42 Å². The van der Waals surface area contributed by atoms with Crippen LogP contribution in [0, 0.1) is 6.92 Å². The lowest BCUT2D eigenvalue weighted by molar-refractivity contribution is 0.0946. The minimum atomic E-state index is -0.215. The largest absolute Gasteiger partial charge is 0.497 e. The Bertz CT molecular complexity index is 1270. The van der Waals surface area contributed by atoms with E-state index >= 15 is 0 Å². The molecule has 0 spiro atoms. The molecule has 0 saturated carbocycles. The molecule has 0 bridgehead atoms. The van der Waals surface area contributed by atoms with E-state index < -0.39 is 0 Å². The maximum atomic E-state index is 13.1. The molecule has 7 heteroatoms. The summed E-state index contributed by atoms with van der Waals surface area (Å²) in [6.07, 6.45) is 0.589. The molecule has 1 aromatic heterocycles. The van der Waals surface area contributed by atoms with Gasteiger partial charge in [-0.3, -0.25) is 4.79 Å². The molecule has 0 aliphatic heterocycles. The number of ether oxygens (including phenoxy) is 1. The summed E-state index contributed by atoms with van der Waals surface area (Å²) < 4.78 is 6.91. The number of aryl methyl sites for hydroxylation is 1. The summed E-state index contributed by atoms with van der Waals surface area (Å²) in [5.41, 5.74) is 4.91. The Morgan fingerprint density at radius 2 is 1.73 bits per heavy atom. The number of methoxy groups -OCH3 is 1. The van der Waals surface area contributed by atoms with Gasteiger partial charge in [0.15, 0.2) is 0 Å². The predicted molar refractivity (Wildman–Crippen MR) is 133 cm³/mol. The Hall–Kier alpha value is -3.28. The smallest absolute Gasteiger partial charge is 0.270 e. The van der Waals surface area contributed by atoms with Gasteiger partial charge in [-0.15, -0.1) is 0 Å². The molecule has 0 radical (unpaired) electrons. The van der Waals surface area contributed by atoms with E-state index in [1.807, 2.05) is 61.5 Å². The number of nitrogens with zero attached hydrogens (tertiary/aromatic N) is 2. The molecule has 33 heavy (non-hydrogen) atoms. The minimum absolute atomic E-state index is 0.215. The van der Waals surface area contributed by atoms with Crippen LogP contribution in [0.2, 0.25) is 10.0 Å². The lowest BCUT2D eigenvalue weighted by Crippen LogP contribution is -2.27. The Labute approximate surface area is 202 Å². The molecule has 0 unspecified atom stereocenters. The topological polar surface area (TPSA) is 56.1 Å². The molecule has 0 saturated heterocycles. The third-order valence-electron chi connectivity index (χ3n) is 5.30. The quantitative estimate of drug-likeness (QED) is 0.346. The molecule has 1 amide bonds. The van der Waals surface area contributed by atoms with E-state index in [1.54, 1.807) is 30.0 Å². The van der Waals surface area contributed by atoms with Gasteiger partial charge in [-0.05, 0) is 73.5 Å². The van der Waals surface area contributed by atoms with Crippen molar-refractivity contribution in [1.82, 2.24) is 15.1 Å². The molecule has 168 valence electrons. The highest BCUT2D eigenvalue weighted by Crippen LogP contribution is 2.25. The Morgan fingerprint density at radius 1 is 1.00 bits per heavy atom. The predicted octanol–water partition coefficient (Wildman–Crippen LogP) is 6.14. The van der Waals surface area contributed by atoms with E-state index in [0.29, 0.717) is 34.4 Å². The van der Waals surface area contributed by atoms with Gasteiger partial charge in [-0.1, -0.05) is 47.0 Å². The number of carbonyl (C=O) groups is 1. The second-order valence-electron chi connectivity index (χ2n) is 7.63. The molecule has 0 atom stereocenters. The third kappa shape index (κ3) is 5.38. The van der Waals surface area contributed by atoms with Gasteiger partial charge < -0.3 is 10.1 Å². The number of rotatable bonds is 7. The van der Waals surface area contributed by atoms with Crippen LogP contribution in [0.1, 0.15) is 21.6 Å². The number of carbonyl (C=O) groups excluding carboxylic acids is 1. The van der Waals surface area contributed by atoms with E-state index in [4.69, 9.17) is 33.0 Å². The van der Waals surface area contributed by atoms with Gasteiger partial charge in [-0.2, -0.15) is 5.10 Å². The fraction of sp³-hybridized carbons (Fsp3) is 0.154. The highest BCUT2D eigenvalue weighted by molar-refractivity contribution is 6.35. The zero-order valence-electron chi connectivity index (χ0n) is 18.3. The first-order valence-corrected chi connectivity index (χ1v) is 11.2. The first-order chi connectivity index (χ1) is 15.9. The average molecular weight is 480 g/mol. The summed E-state index contributed by atoms with van der Waals surface area (Å²) in [4.78, 5) is 13.1. The number of benzene rings is 3. The first kappa shape index (κ1) is 22.9. The lowest BCUT2D eigenvalue weighted by atomic mass is 10.1. The molecule has 0 fully saturated rings. The average Bonchev–Trinajstić information content (AvgIpc) is 3.26. The van der Waals surface area contributed by atoms with Crippen LogP contribution >= 0.6 is 23.2 Å². The van der Waals surface area contributed by atoms with Crippen molar-refractivity contribution in [2.24, 2.45) is 0 Å². The van der Waals surface area contributed by atoms with E-state index in [9.17, 15) is 4.79 Å². The van der Waals surface area contributed by atoms with Crippen LogP contribution < -0.4 is 10.1 Å². The molecule has 5 nitrogen and oxygen atoms in total. The zero-order valence-corrected chi connectivity index (χ0v) is 19.8. The lowest BCUT2D eigenvalue weighted by Gasteiger charge is -2.09. The molecule has 0 aliphatic carbocycles. The van der Waals surface area contributed by atoms with Crippen molar-refractivity contribution < 1.29 is 9.53 Å². The summed E-state index contributed by atoms with van der Waals surface area (Å²) in [6, 6.07) is 22.6. The fourth-order valence-corrected chi connectivity index (χ4v) is 3.96. The van der Waals surface area contributed by atoms with Crippen LogP contribution in [0.25, 0.3) is 16.9 Å². The van der Waals surface area contributed by atoms with Crippen molar-refractivity contribution in [2.75, 3.05) is 13.7 Å². The van der Waals surface area contributed by atoms with Gasteiger partial charge in [0, 0.05) is 22.2 Å². The Kier molecular flexibility index (Phi) is 7.02. The molecular weight excluding hydrogens is 457 g/mol. The highest BCUT2D eigenvalue weighted by Gasteiger charge is 2.18. The molecule has 1 N–H and O–H groups in total. The maximum absolute atomic E-state index is 13.1. The normalized spacial score (nSPS) is 10.8. The van der Waals surface area contributed by atoms with Gasteiger partial charge in [0.2, 0.25) is 0 Å².